The number of unbranched alkanes of at least 4 members (excludes halogenated alkanes) is 1. The highest BCUT2D eigenvalue weighted by atomic mass is 16.1. The Kier molecular flexibility index (Phi) is 4.88. The van der Waals surface area contributed by atoms with E-state index in [1.165, 1.54) is 5.56 Å². The molecular weight excluding hydrogens is 186 g/mol. The van der Waals surface area contributed by atoms with Crippen LogP contribution >= 0.6 is 0 Å². The summed E-state index contributed by atoms with van der Waals surface area (Å²) in [5, 5.41) is 2.91. The molecule has 0 aromatic heterocycles. The number of hydrogen-bond acceptors (Lipinski definition) is 1. The van der Waals surface area contributed by atoms with Gasteiger partial charge < -0.3 is 5.32 Å². The van der Waals surface area contributed by atoms with Crippen molar-refractivity contribution in [2.75, 3.05) is 6.54 Å². The van der Waals surface area contributed by atoms with Gasteiger partial charge in [0, 0.05) is 6.54 Å². The molecule has 0 fully saturated rings. The molecule has 0 heterocycles. The second-order valence-electron chi connectivity index (χ2n) is 3.87. The number of hydrogen-bond donors (Lipinski definition) is 1. The van der Waals surface area contributed by atoms with E-state index >= 15 is 0 Å². The Labute approximate surface area is 91.7 Å². The summed E-state index contributed by atoms with van der Waals surface area (Å²) in [7, 11) is 0. The normalized spacial score (nSPS) is 10.0. The van der Waals surface area contributed by atoms with E-state index < -0.39 is 0 Å². The number of carbonyl (C=O) groups is 1. The number of carbonyl (C=O) groups excluding carboxylic acids is 1. The van der Waals surface area contributed by atoms with Crippen LogP contribution in [0.25, 0.3) is 0 Å². The summed E-state index contributed by atoms with van der Waals surface area (Å²) < 4.78 is 0. The van der Waals surface area contributed by atoms with E-state index in [9.17, 15) is 4.79 Å². The molecule has 1 aromatic rings. The first-order valence-corrected chi connectivity index (χ1v) is 5.54. The van der Waals surface area contributed by atoms with Crippen molar-refractivity contribution >= 4 is 5.91 Å². The topological polar surface area (TPSA) is 29.1 Å². The number of amides is 1. The van der Waals surface area contributed by atoms with Crippen LogP contribution in [0.15, 0.2) is 24.3 Å². The molecule has 0 saturated carbocycles. The van der Waals surface area contributed by atoms with Gasteiger partial charge in [0.05, 0.1) is 6.42 Å². The summed E-state index contributed by atoms with van der Waals surface area (Å²) in [5.74, 6) is 0.119. The number of rotatable bonds is 5. The second-order valence-corrected chi connectivity index (χ2v) is 3.87. The standard InChI is InChI=1S/C13H19NO/c1-3-4-8-14-13(15)10-12-7-5-6-11(2)9-12/h5-7,9H,3-4,8,10H2,1-2H3,(H,14,15). The van der Waals surface area contributed by atoms with Crippen molar-refractivity contribution in [3.05, 3.63) is 35.4 Å². The van der Waals surface area contributed by atoms with Crippen LogP contribution in [-0.4, -0.2) is 12.5 Å². The summed E-state index contributed by atoms with van der Waals surface area (Å²) in [4.78, 5) is 11.5. The minimum atomic E-state index is 0.119. The van der Waals surface area contributed by atoms with Gasteiger partial charge >= 0.3 is 0 Å². The third kappa shape index (κ3) is 4.63. The fourth-order valence-corrected chi connectivity index (χ4v) is 1.47. The molecule has 2 nitrogen and oxygen atoms in total. The first kappa shape index (κ1) is 11.8. The van der Waals surface area contributed by atoms with E-state index in [-0.39, 0.29) is 5.91 Å². The molecule has 82 valence electrons. The van der Waals surface area contributed by atoms with Gasteiger partial charge in [-0.1, -0.05) is 43.2 Å². The largest absolute Gasteiger partial charge is 0.356 e. The van der Waals surface area contributed by atoms with Gasteiger partial charge in [0.1, 0.15) is 0 Å². The average Bonchev–Trinajstić information content (AvgIpc) is 2.18. The average molecular weight is 205 g/mol. The summed E-state index contributed by atoms with van der Waals surface area (Å²) >= 11 is 0. The Morgan fingerprint density at radius 3 is 2.87 bits per heavy atom. The Morgan fingerprint density at radius 2 is 2.20 bits per heavy atom. The summed E-state index contributed by atoms with van der Waals surface area (Å²) in [6.07, 6.45) is 2.66. The predicted molar refractivity (Wildman–Crippen MR) is 62.8 cm³/mol. The lowest BCUT2D eigenvalue weighted by molar-refractivity contribution is -0.120. The van der Waals surface area contributed by atoms with Crippen LogP contribution in [0.1, 0.15) is 30.9 Å². The molecule has 0 atom stereocenters. The number of benzene rings is 1. The zero-order valence-corrected chi connectivity index (χ0v) is 9.55. The second kappa shape index (κ2) is 6.23. The maximum Gasteiger partial charge on any atom is 0.224 e. The zero-order valence-electron chi connectivity index (χ0n) is 9.55. The van der Waals surface area contributed by atoms with Crippen molar-refractivity contribution in [3.8, 4) is 0 Å². The molecular formula is C13H19NO. The Balaban J connectivity index is 2.37. The highest BCUT2D eigenvalue weighted by Crippen LogP contribution is 2.04. The Bertz CT molecular complexity index is 320. The van der Waals surface area contributed by atoms with Gasteiger partial charge in [-0.3, -0.25) is 4.79 Å². The molecule has 0 aliphatic rings. The lowest BCUT2D eigenvalue weighted by atomic mass is 10.1. The summed E-state index contributed by atoms with van der Waals surface area (Å²) in [6, 6.07) is 8.08. The molecule has 15 heavy (non-hydrogen) atoms. The molecule has 2 heteroatoms. The van der Waals surface area contributed by atoms with Crippen molar-refractivity contribution in [1.29, 1.82) is 0 Å². The molecule has 0 spiro atoms. The van der Waals surface area contributed by atoms with Crippen molar-refractivity contribution in [3.63, 3.8) is 0 Å². The van der Waals surface area contributed by atoms with Crippen LogP contribution in [0.3, 0.4) is 0 Å². The molecule has 0 unspecified atom stereocenters. The maximum absolute atomic E-state index is 11.5. The van der Waals surface area contributed by atoms with Gasteiger partial charge in [0.25, 0.3) is 0 Å². The predicted octanol–water partition coefficient (Wildman–Crippen LogP) is 2.45. The van der Waals surface area contributed by atoms with E-state index in [4.69, 9.17) is 0 Å². The van der Waals surface area contributed by atoms with Gasteiger partial charge in [-0.2, -0.15) is 0 Å². The Hall–Kier alpha value is -1.31. The van der Waals surface area contributed by atoms with E-state index in [1.54, 1.807) is 0 Å². The molecule has 0 aliphatic heterocycles. The molecule has 1 N–H and O–H groups in total. The first-order valence-electron chi connectivity index (χ1n) is 5.54. The van der Waals surface area contributed by atoms with Gasteiger partial charge in [-0.15, -0.1) is 0 Å². The van der Waals surface area contributed by atoms with E-state index in [2.05, 4.69) is 18.3 Å². The monoisotopic (exact) mass is 205 g/mol. The van der Waals surface area contributed by atoms with Crippen LogP contribution < -0.4 is 5.32 Å². The first-order chi connectivity index (χ1) is 7.22. The van der Waals surface area contributed by atoms with E-state index in [0.29, 0.717) is 6.42 Å². The highest BCUT2D eigenvalue weighted by Gasteiger charge is 2.01. The third-order valence-corrected chi connectivity index (χ3v) is 2.30. The van der Waals surface area contributed by atoms with E-state index in [1.807, 2.05) is 25.1 Å². The van der Waals surface area contributed by atoms with Crippen molar-refractivity contribution < 1.29 is 4.79 Å². The van der Waals surface area contributed by atoms with Crippen LogP contribution in [0.4, 0.5) is 0 Å². The van der Waals surface area contributed by atoms with Crippen LogP contribution in [-0.2, 0) is 11.2 Å². The lowest BCUT2D eigenvalue weighted by Crippen LogP contribution is -2.25. The minimum absolute atomic E-state index is 0.119. The van der Waals surface area contributed by atoms with Crippen molar-refractivity contribution in [1.82, 2.24) is 5.32 Å². The fourth-order valence-electron chi connectivity index (χ4n) is 1.47. The van der Waals surface area contributed by atoms with Crippen molar-refractivity contribution in [2.45, 2.75) is 33.1 Å². The lowest BCUT2D eigenvalue weighted by Gasteiger charge is -2.04. The van der Waals surface area contributed by atoms with Crippen LogP contribution in [0.2, 0.25) is 0 Å². The third-order valence-electron chi connectivity index (χ3n) is 2.30. The fraction of sp³-hybridized carbons (Fsp3) is 0.462. The molecule has 0 bridgehead atoms. The SMILES string of the molecule is CCCCNC(=O)Cc1cccc(C)c1. The van der Waals surface area contributed by atoms with Crippen molar-refractivity contribution in [2.24, 2.45) is 0 Å². The molecule has 1 rings (SSSR count). The van der Waals surface area contributed by atoms with Crippen LogP contribution in [0, 0.1) is 6.92 Å². The molecule has 1 aromatic carbocycles. The quantitative estimate of drug-likeness (QED) is 0.735. The Morgan fingerprint density at radius 1 is 1.40 bits per heavy atom. The number of nitrogens with one attached hydrogen (secondary N) is 1. The molecule has 0 aliphatic carbocycles. The molecule has 1 amide bonds. The van der Waals surface area contributed by atoms with Gasteiger partial charge in [0.15, 0.2) is 0 Å². The molecule has 0 saturated heterocycles. The molecule has 0 radical (unpaired) electrons. The minimum Gasteiger partial charge on any atom is -0.356 e. The summed E-state index contributed by atoms with van der Waals surface area (Å²) in [6.45, 7) is 4.95. The summed E-state index contributed by atoms with van der Waals surface area (Å²) in [5.41, 5.74) is 2.29. The van der Waals surface area contributed by atoms with Crippen LogP contribution in [0.5, 0.6) is 0 Å². The van der Waals surface area contributed by atoms with Gasteiger partial charge in [0.2, 0.25) is 5.91 Å². The highest BCUT2D eigenvalue weighted by molar-refractivity contribution is 5.78. The maximum atomic E-state index is 11.5. The zero-order chi connectivity index (χ0) is 11.1. The number of aryl methyl sites for hydroxylation is 1. The smallest absolute Gasteiger partial charge is 0.224 e. The van der Waals surface area contributed by atoms with E-state index in [0.717, 1.165) is 24.9 Å². The van der Waals surface area contributed by atoms with Gasteiger partial charge in [-0.05, 0) is 18.9 Å². The van der Waals surface area contributed by atoms with Gasteiger partial charge in [-0.25, -0.2) is 0 Å².